The Morgan fingerprint density at radius 3 is 2.53 bits per heavy atom. The largest absolute Gasteiger partial charge is 0.475 e. The molecule has 19 heavy (non-hydrogen) atoms. The number of aromatic nitrogens is 1. The Bertz CT molecular complexity index is 443. The summed E-state index contributed by atoms with van der Waals surface area (Å²) in [4.78, 5) is 6.38. The van der Waals surface area contributed by atoms with E-state index in [4.69, 9.17) is 15.7 Å². The topological polar surface area (TPSA) is 75.2 Å². The molecule has 104 valence electrons. The van der Waals surface area contributed by atoms with Crippen LogP contribution in [0.25, 0.3) is 0 Å². The van der Waals surface area contributed by atoms with Crippen molar-refractivity contribution in [2.24, 2.45) is 0 Å². The van der Waals surface area contributed by atoms with Crippen molar-refractivity contribution in [2.75, 3.05) is 18.9 Å². The molecule has 0 aliphatic carbocycles. The number of anilines is 1. The lowest BCUT2D eigenvalue weighted by molar-refractivity contribution is 0.140. The SMILES string of the molecule is CC(C)N(CCOc1nccc(C#N)c1N)C(C)C. The summed E-state index contributed by atoms with van der Waals surface area (Å²) in [5.74, 6) is 0.339. The average molecular weight is 262 g/mol. The van der Waals surface area contributed by atoms with E-state index in [2.05, 4.69) is 37.6 Å². The van der Waals surface area contributed by atoms with Crippen molar-refractivity contribution in [3.05, 3.63) is 17.8 Å². The maximum absolute atomic E-state index is 8.88. The fraction of sp³-hybridized carbons (Fsp3) is 0.571. The molecule has 0 bridgehead atoms. The molecule has 0 radical (unpaired) electrons. The third kappa shape index (κ3) is 4.11. The van der Waals surface area contributed by atoms with Gasteiger partial charge in [-0.2, -0.15) is 5.26 Å². The summed E-state index contributed by atoms with van der Waals surface area (Å²) in [6.45, 7) is 9.92. The third-order valence-electron chi connectivity index (χ3n) is 2.99. The summed E-state index contributed by atoms with van der Waals surface area (Å²) >= 11 is 0. The van der Waals surface area contributed by atoms with Crippen LogP contribution in [0.3, 0.4) is 0 Å². The predicted octanol–water partition coefficient (Wildman–Crippen LogP) is 2.03. The van der Waals surface area contributed by atoms with Crippen LogP contribution in [0.1, 0.15) is 33.3 Å². The molecular formula is C14H22N4O. The van der Waals surface area contributed by atoms with Gasteiger partial charge in [0.2, 0.25) is 5.88 Å². The zero-order chi connectivity index (χ0) is 14.4. The second-order valence-electron chi connectivity index (χ2n) is 4.96. The van der Waals surface area contributed by atoms with E-state index in [0.29, 0.717) is 35.8 Å². The van der Waals surface area contributed by atoms with Gasteiger partial charge in [0.05, 0.1) is 5.56 Å². The molecule has 0 saturated heterocycles. The Morgan fingerprint density at radius 1 is 1.37 bits per heavy atom. The number of pyridine rings is 1. The van der Waals surface area contributed by atoms with Gasteiger partial charge in [-0.1, -0.05) is 0 Å². The molecule has 0 aromatic carbocycles. The van der Waals surface area contributed by atoms with Gasteiger partial charge in [0, 0.05) is 24.8 Å². The Labute approximate surface area is 115 Å². The highest BCUT2D eigenvalue weighted by atomic mass is 16.5. The Kier molecular flexibility index (Phi) is 5.58. The Morgan fingerprint density at radius 2 is 2.00 bits per heavy atom. The molecule has 0 unspecified atom stereocenters. The van der Waals surface area contributed by atoms with Crippen LogP contribution < -0.4 is 10.5 Å². The van der Waals surface area contributed by atoms with Crippen molar-refractivity contribution in [3.63, 3.8) is 0 Å². The fourth-order valence-electron chi connectivity index (χ4n) is 2.03. The second-order valence-corrected chi connectivity index (χ2v) is 4.96. The first-order valence-corrected chi connectivity index (χ1v) is 6.50. The predicted molar refractivity (Wildman–Crippen MR) is 75.8 cm³/mol. The fourth-order valence-corrected chi connectivity index (χ4v) is 2.03. The zero-order valence-corrected chi connectivity index (χ0v) is 12.1. The highest BCUT2D eigenvalue weighted by Crippen LogP contribution is 2.21. The lowest BCUT2D eigenvalue weighted by Gasteiger charge is -2.30. The van der Waals surface area contributed by atoms with Gasteiger partial charge < -0.3 is 10.5 Å². The number of nitrogens with two attached hydrogens (primary N) is 1. The van der Waals surface area contributed by atoms with Crippen molar-refractivity contribution in [1.29, 1.82) is 5.26 Å². The lowest BCUT2D eigenvalue weighted by Crippen LogP contribution is -2.39. The van der Waals surface area contributed by atoms with Crippen LogP contribution in [0.15, 0.2) is 12.3 Å². The molecule has 0 amide bonds. The average Bonchev–Trinajstić information content (AvgIpc) is 2.35. The van der Waals surface area contributed by atoms with Gasteiger partial charge in [-0.15, -0.1) is 0 Å². The molecule has 0 saturated carbocycles. The minimum absolute atomic E-state index is 0.311. The number of hydrogen-bond acceptors (Lipinski definition) is 5. The van der Waals surface area contributed by atoms with E-state index in [1.807, 2.05) is 6.07 Å². The molecule has 0 fully saturated rings. The molecule has 1 heterocycles. The lowest BCUT2D eigenvalue weighted by atomic mass is 10.2. The minimum atomic E-state index is 0.311. The molecule has 1 rings (SSSR count). The molecule has 1 aromatic rings. The van der Waals surface area contributed by atoms with E-state index >= 15 is 0 Å². The minimum Gasteiger partial charge on any atom is -0.475 e. The second kappa shape index (κ2) is 6.95. The van der Waals surface area contributed by atoms with Crippen molar-refractivity contribution in [1.82, 2.24) is 9.88 Å². The van der Waals surface area contributed by atoms with Crippen LogP contribution in [-0.2, 0) is 0 Å². The van der Waals surface area contributed by atoms with E-state index in [9.17, 15) is 0 Å². The third-order valence-corrected chi connectivity index (χ3v) is 2.99. The molecule has 5 heteroatoms. The smallest absolute Gasteiger partial charge is 0.238 e. The molecule has 0 atom stereocenters. The number of nitrogen functional groups attached to an aromatic ring is 1. The van der Waals surface area contributed by atoms with Gasteiger partial charge in [-0.05, 0) is 33.8 Å². The Hall–Kier alpha value is -1.80. The molecule has 0 aliphatic heterocycles. The van der Waals surface area contributed by atoms with Crippen molar-refractivity contribution >= 4 is 5.69 Å². The standard InChI is InChI=1S/C14H22N4O/c1-10(2)18(11(3)4)7-8-19-14-13(16)12(9-15)5-6-17-14/h5-6,10-11H,7-8,16H2,1-4H3. The summed E-state index contributed by atoms with van der Waals surface area (Å²) < 4.78 is 5.58. The van der Waals surface area contributed by atoms with Crippen molar-refractivity contribution in [3.8, 4) is 11.9 Å². The summed E-state index contributed by atoms with van der Waals surface area (Å²) in [6, 6.07) is 4.51. The van der Waals surface area contributed by atoms with Crippen LogP contribution >= 0.6 is 0 Å². The number of nitriles is 1. The highest BCUT2D eigenvalue weighted by molar-refractivity contribution is 5.59. The number of rotatable bonds is 6. The van der Waals surface area contributed by atoms with Gasteiger partial charge in [-0.25, -0.2) is 4.98 Å². The molecule has 5 nitrogen and oxygen atoms in total. The highest BCUT2D eigenvalue weighted by Gasteiger charge is 2.14. The number of hydrogen-bond donors (Lipinski definition) is 1. The van der Waals surface area contributed by atoms with Gasteiger partial charge in [0.15, 0.2) is 0 Å². The van der Waals surface area contributed by atoms with Gasteiger partial charge in [-0.3, -0.25) is 4.90 Å². The van der Waals surface area contributed by atoms with Crippen LogP contribution in [-0.4, -0.2) is 35.1 Å². The Balaban J connectivity index is 2.61. The zero-order valence-electron chi connectivity index (χ0n) is 12.1. The molecule has 1 aromatic heterocycles. The van der Waals surface area contributed by atoms with Crippen molar-refractivity contribution < 1.29 is 4.74 Å². The van der Waals surface area contributed by atoms with Crippen molar-refractivity contribution in [2.45, 2.75) is 39.8 Å². The first-order valence-electron chi connectivity index (χ1n) is 6.50. The van der Waals surface area contributed by atoms with E-state index in [0.717, 1.165) is 6.54 Å². The van der Waals surface area contributed by atoms with Crippen LogP contribution in [0.5, 0.6) is 5.88 Å². The number of nitrogens with zero attached hydrogens (tertiary/aromatic N) is 3. The maximum Gasteiger partial charge on any atom is 0.238 e. The quantitative estimate of drug-likeness (QED) is 0.849. The van der Waals surface area contributed by atoms with Crippen LogP contribution in [0.4, 0.5) is 5.69 Å². The van der Waals surface area contributed by atoms with Gasteiger partial charge >= 0.3 is 0 Å². The summed E-state index contributed by atoms with van der Waals surface area (Å²) in [7, 11) is 0. The molecule has 0 spiro atoms. The molecule has 0 aliphatic rings. The molecule has 2 N–H and O–H groups in total. The van der Waals surface area contributed by atoms with E-state index in [-0.39, 0.29) is 0 Å². The maximum atomic E-state index is 8.88. The van der Waals surface area contributed by atoms with Crippen LogP contribution in [0.2, 0.25) is 0 Å². The van der Waals surface area contributed by atoms with E-state index in [1.165, 1.54) is 6.20 Å². The van der Waals surface area contributed by atoms with E-state index < -0.39 is 0 Å². The number of ether oxygens (including phenoxy) is 1. The van der Waals surface area contributed by atoms with Crippen LogP contribution in [0, 0.1) is 11.3 Å². The summed E-state index contributed by atoms with van der Waals surface area (Å²) in [5.41, 5.74) is 6.52. The monoisotopic (exact) mass is 262 g/mol. The molecular weight excluding hydrogens is 240 g/mol. The van der Waals surface area contributed by atoms with E-state index in [1.54, 1.807) is 6.07 Å². The first kappa shape index (κ1) is 15.3. The first-order chi connectivity index (χ1) is 8.97. The van der Waals surface area contributed by atoms with Gasteiger partial charge in [0.1, 0.15) is 18.4 Å². The summed E-state index contributed by atoms with van der Waals surface area (Å²) in [6.07, 6.45) is 1.53. The van der Waals surface area contributed by atoms with Gasteiger partial charge in [0.25, 0.3) is 0 Å². The normalized spacial score (nSPS) is 11.1. The summed E-state index contributed by atoms with van der Waals surface area (Å²) in [5, 5.41) is 8.88.